The highest BCUT2D eigenvalue weighted by Gasteiger charge is 2.10. The molecule has 4 heteroatoms. The van der Waals surface area contributed by atoms with E-state index >= 15 is 0 Å². The molecule has 0 N–H and O–H groups in total. The van der Waals surface area contributed by atoms with Crippen molar-refractivity contribution in [2.45, 2.75) is 0 Å². The zero-order valence-corrected chi connectivity index (χ0v) is 9.18. The molecule has 0 saturated carbocycles. The molecule has 17 heavy (non-hydrogen) atoms. The van der Waals surface area contributed by atoms with E-state index in [9.17, 15) is 9.18 Å². The van der Waals surface area contributed by atoms with E-state index in [1.165, 1.54) is 19.4 Å². The third kappa shape index (κ3) is 2.15. The SMILES string of the molecule is COc1ccc(-c2ccncc2F)c(C=O)c1. The Hall–Kier alpha value is -2.23. The van der Waals surface area contributed by atoms with Crippen LogP contribution in [0.5, 0.6) is 5.75 Å². The van der Waals surface area contributed by atoms with Crippen LogP contribution in [0.2, 0.25) is 0 Å². The van der Waals surface area contributed by atoms with Gasteiger partial charge in [-0.05, 0) is 29.8 Å². The Morgan fingerprint density at radius 1 is 1.29 bits per heavy atom. The van der Waals surface area contributed by atoms with Crippen LogP contribution in [0.4, 0.5) is 4.39 Å². The normalized spacial score (nSPS) is 10.0. The molecular formula is C13H10FNO2. The van der Waals surface area contributed by atoms with Crippen LogP contribution in [-0.4, -0.2) is 18.4 Å². The molecule has 86 valence electrons. The first-order chi connectivity index (χ1) is 8.26. The zero-order chi connectivity index (χ0) is 12.3. The fourth-order valence-corrected chi connectivity index (χ4v) is 1.60. The van der Waals surface area contributed by atoms with Crippen molar-refractivity contribution < 1.29 is 13.9 Å². The second-order valence-corrected chi connectivity index (χ2v) is 3.43. The number of pyridine rings is 1. The fraction of sp³-hybridized carbons (Fsp3) is 0.0769. The standard InChI is InChI=1S/C13H10FNO2/c1-17-10-2-3-11(9(6-10)8-16)12-4-5-15-7-13(12)14/h2-8H,1H3. The summed E-state index contributed by atoms with van der Waals surface area (Å²) in [6.45, 7) is 0. The fourth-order valence-electron chi connectivity index (χ4n) is 1.60. The van der Waals surface area contributed by atoms with Crippen LogP contribution in [0.3, 0.4) is 0 Å². The summed E-state index contributed by atoms with van der Waals surface area (Å²) < 4.78 is 18.6. The van der Waals surface area contributed by atoms with Gasteiger partial charge in [-0.2, -0.15) is 0 Å². The molecule has 1 aromatic carbocycles. The number of aldehydes is 1. The Kier molecular flexibility index (Phi) is 3.14. The quantitative estimate of drug-likeness (QED) is 0.762. The molecule has 2 rings (SSSR count). The van der Waals surface area contributed by atoms with Gasteiger partial charge in [-0.15, -0.1) is 0 Å². The Morgan fingerprint density at radius 2 is 2.12 bits per heavy atom. The van der Waals surface area contributed by atoms with Crippen molar-refractivity contribution in [2.75, 3.05) is 7.11 Å². The highest BCUT2D eigenvalue weighted by molar-refractivity contribution is 5.88. The van der Waals surface area contributed by atoms with Gasteiger partial charge in [-0.3, -0.25) is 9.78 Å². The number of ether oxygens (including phenoxy) is 1. The lowest BCUT2D eigenvalue weighted by molar-refractivity contribution is 0.112. The first-order valence-electron chi connectivity index (χ1n) is 4.99. The van der Waals surface area contributed by atoms with Gasteiger partial charge in [0.2, 0.25) is 0 Å². The highest BCUT2D eigenvalue weighted by Crippen LogP contribution is 2.27. The molecule has 1 aromatic heterocycles. The molecule has 0 aliphatic carbocycles. The van der Waals surface area contributed by atoms with E-state index in [1.54, 1.807) is 18.2 Å². The van der Waals surface area contributed by atoms with Gasteiger partial charge in [0, 0.05) is 17.3 Å². The van der Waals surface area contributed by atoms with Gasteiger partial charge in [-0.1, -0.05) is 0 Å². The Labute approximate surface area is 97.9 Å². The second kappa shape index (κ2) is 4.74. The maximum absolute atomic E-state index is 13.6. The smallest absolute Gasteiger partial charge is 0.150 e. The van der Waals surface area contributed by atoms with E-state index in [1.807, 2.05) is 0 Å². The number of hydrogen-bond acceptors (Lipinski definition) is 3. The minimum Gasteiger partial charge on any atom is -0.497 e. The molecule has 0 saturated heterocycles. The molecule has 0 aliphatic heterocycles. The van der Waals surface area contributed by atoms with Crippen molar-refractivity contribution in [2.24, 2.45) is 0 Å². The van der Waals surface area contributed by atoms with Crippen LogP contribution in [0.1, 0.15) is 10.4 Å². The van der Waals surface area contributed by atoms with E-state index in [0.29, 0.717) is 28.7 Å². The largest absolute Gasteiger partial charge is 0.497 e. The first-order valence-corrected chi connectivity index (χ1v) is 4.99. The van der Waals surface area contributed by atoms with E-state index in [-0.39, 0.29) is 0 Å². The maximum atomic E-state index is 13.6. The highest BCUT2D eigenvalue weighted by atomic mass is 19.1. The van der Waals surface area contributed by atoms with Crippen molar-refractivity contribution in [1.82, 2.24) is 4.98 Å². The Morgan fingerprint density at radius 3 is 2.76 bits per heavy atom. The molecule has 1 heterocycles. The van der Waals surface area contributed by atoms with Gasteiger partial charge in [0.15, 0.2) is 6.29 Å². The van der Waals surface area contributed by atoms with E-state index in [4.69, 9.17) is 4.74 Å². The summed E-state index contributed by atoms with van der Waals surface area (Å²) in [6.07, 6.45) is 3.28. The van der Waals surface area contributed by atoms with Crippen LogP contribution in [0.15, 0.2) is 36.7 Å². The van der Waals surface area contributed by atoms with Crippen LogP contribution >= 0.6 is 0 Å². The number of aromatic nitrogens is 1. The van der Waals surface area contributed by atoms with Crippen molar-refractivity contribution in [3.8, 4) is 16.9 Å². The van der Waals surface area contributed by atoms with E-state index < -0.39 is 5.82 Å². The number of hydrogen-bond donors (Lipinski definition) is 0. The van der Waals surface area contributed by atoms with Gasteiger partial charge in [0.25, 0.3) is 0 Å². The molecule has 0 amide bonds. The number of methoxy groups -OCH3 is 1. The van der Waals surface area contributed by atoms with Crippen LogP contribution in [-0.2, 0) is 0 Å². The van der Waals surface area contributed by atoms with Gasteiger partial charge in [0.1, 0.15) is 11.6 Å². The summed E-state index contributed by atoms with van der Waals surface area (Å²) in [5.74, 6) is 0.103. The van der Waals surface area contributed by atoms with Crippen LogP contribution in [0, 0.1) is 5.82 Å². The molecule has 0 fully saturated rings. The maximum Gasteiger partial charge on any atom is 0.150 e. The van der Waals surface area contributed by atoms with Crippen molar-refractivity contribution in [1.29, 1.82) is 0 Å². The van der Waals surface area contributed by atoms with Crippen LogP contribution < -0.4 is 4.74 Å². The van der Waals surface area contributed by atoms with E-state index in [2.05, 4.69) is 4.98 Å². The summed E-state index contributed by atoms with van der Waals surface area (Å²) in [4.78, 5) is 14.7. The lowest BCUT2D eigenvalue weighted by Gasteiger charge is -2.07. The number of nitrogens with zero attached hydrogens (tertiary/aromatic N) is 1. The number of benzene rings is 1. The summed E-state index contributed by atoms with van der Waals surface area (Å²) >= 11 is 0. The van der Waals surface area contributed by atoms with E-state index in [0.717, 1.165) is 6.20 Å². The summed E-state index contributed by atoms with van der Waals surface area (Å²) in [5.41, 5.74) is 1.26. The topological polar surface area (TPSA) is 39.2 Å². The molecular weight excluding hydrogens is 221 g/mol. The van der Waals surface area contributed by atoms with Gasteiger partial charge >= 0.3 is 0 Å². The lowest BCUT2D eigenvalue weighted by atomic mass is 10.0. The summed E-state index contributed by atoms with van der Waals surface area (Å²) in [5, 5.41) is 0. The van der Waals surface area contributed by atoms with Crippen molar-refractivity contribution >= 4 is 6.29 Å². The lowest BCUT2D eigenvalue weighted by Crippen LogP contribution is -1.93. The molecule has 0 radical (unpaired) electrons. The van der Waals surface area contributed by atoms with Gasteiger partial charge < -0.3 is 4.74 Å². The monoisotopic (exact) mass is 231 g/mol. The number of rotatable bonds is 3. The van der Waals surface area contributed by atoms with Crippen LogP contribution in [0.25, 0.3) is 11.1 Å². The second-order valence-electron chi connectivity index (χ2n) is 3.43. The molecule has 0 bridgehead atoms. The number of carbonyl (C=O) groups excluding carboxylic acids is 1. The average molecular weight is 231 g/mol. The molecule has 0 aliphatic rings. The molecule has 3 nitrogen and oxygen atoms in total. The summed E-state index contributed by atoms with van der Waals surface area (Å²) in [6, 6.07) is 6.44. The van der Waals surface area contributed by atoms with Gasteiger partial charge in [0.05, 0.1) is 13.3 Å². The summed E-state index contributed by atoms with van der Waals surface area (Å²) in [7, 11) is 1.51. The Balaban J connectivity index is 2.60. The van der Waals surface area contributed by atoms with Crippen molar-refractivity contribution in [3.05, 3.63) is 48.0 Å². The van der Waals surface area contributed by atoms with Gasteiger partial charge in [-0.25, -0.2) is 4.39 Å². The molecule has 2 aromatic rings. The third-order valence-electron chi connectivity index (χ3n) is 2.45. The average Bonchev–Trinajstić information content (AvgIpc) is 2.38. The molecule has 0 unspecified atom stereocenters. The zero-order valence-electron chi connectivity index (χ0n) is 9.18. The minimum absolute atomic E-state index is 0.352. The predicted molar refractivity (Wildman–Crippen MR) is 61.6 cm³/mol. The molecule has 0 atom stereocenters. The number of halogens is 1. The number of carbonyl (C=O) groups is 1. The predicted octanol–water partition coefficient (Wildman–Crippen LogP) is 2.71. The van der Waals surface area contributed by atoms with Crippen molar-refractivity contribution in [3.63, 3.8) is 0 Å². The molecule has 0 spiro atoms. The third-order valence-corrected chi connectivity index (χ3v) is 2.45. The Bertz CT molecular complexity index is 555. The first kappa shape index (κ1) is 11.3. The minimum atomic E-state index is -0.458.